The molecule has 0 amide bonds. The minimum absolute atomic E-state index is 0.856. The van der Waals surface area contributed by atoms with Gasteiger partial charge in [-0.05, 0) is 55.5 Å². The number of hydrogen-bond acceptors (Lipinski definition) is 4. The van der Waals surface area contributed by atoms with Gasteiger partial charge in [-0.25, -0.2) is 9.97 Å². The van der Waals surface area contributed by atoms with Crippen molar-refractivity contribution in [3.05, 3.63) is 84.8 Å². The van der Waals surface area contributed by atoms with Crippen LogP contribution in [0.15, 0.2) is 79.0 Å². The zero-order chi connectivity index (χ0) is 20.5. The van der Waals surface area contributed by atoms with Crippen LogP contribution >= 0.6 is 11.3 Å². The van der Waals surface area contributed by atoms with E-state index in [0.717, 1.165) is 45.2 Å². The van der Waals surface area contributed by atoms with Crippen molar-refractivity contribution in [3.63, 3.8) is 0 Å². The van der Waals surface area contributed by atoms with Crippen molar-refractivity contribution in [1.82, 2.24) is 14.5 Å². The number of benzene rings is 3. The molecule has 0 spiro atoms. The molecule has 0 unspecified atom stereocenters. The summed E-state index contributed by atoms with van der Waals surface area (Å²) in [4.78, 5) is 11.8. The predicted octanol–water partition coefficient (Wildman–Crippen LogP) is 6.44. The van der Waals surface area contributed by atoms with Crippen molar-refractivity contribution >= 4 is 44.4 Å². The van der Waals surface area contributed by atoms with E-state index in [2.05, 4.69) is 84.2 Å². The monoisotopic (exact) mass is 410 g/mol. The third-order valence-corrected chi connectivity index (χ3v) is 6.33. The van der Waals surface area contributed by atoms with Crippen LogP contribution in [-0.2, 0) is 6.54 Å². The molecular formula is C25H22N4S. The summed E-state index contributed by atoms with van der Waals surface area (Å²) in [5.74, 6) is 0.955. The molecule has 5 heteroatoms. The molecule has 0 saturated heterocycles. The summed E-state index contributed by atoms with van der Waals surface area (Å²) < 4.78 is 3.46. The van der Waals surface area contributed by atoms with Gasteiger partial charge in [0.25, 0.3) is 0 Å². The second-order valence-electron chi connectivity index (χ2n) is 7.17. The third kappa shape index (κ3) is 3.37. The summed E-state index contributed by atoms with van der Waals surface area (Å²) in [6.07, 6.45) is 4.14. The van der Waals surface area contributed by atoms with Crippen molar-refractivity contribution in [2.24, 2.45) is 0 Å². The number of imidazole rings is 1. The fraction of sp³-hybridized carbons (Fsp3) is 0.120. The molecule has 5 rings (SSSR count). The van der Waals surface area contributed by atoms with E-state index in [9.17, 15) is 0 Å². The van der Waals surface area contributed by atoms with Gasteiger partial charge in [0.1, 0.15) is 10.8 Å². The maximum Gasteiger partial charge on any atom is 0.135 e. The highest BCUT2D eigenvalue weighted by molar-refractivity contribution is 7.21. The van der Waals surface area contributed by atoms with E-state index in [1.807, 2.05) is 24.3 Å². The molecule has 5 aromatic rings. The zero-order valence-corrected chi connectivity index (χ0v) is 17.8. The first-order valence-electron chi connectivity index (χ1n) is 10.1. The molecule has 0 fully saturated rings. The third-order valence-electron chi connectivity index (χ3n) is 5.25. The number of aryl methyl sites for hydroxylation is 1. The largest absolute Gasteiger partial charge is 0.351 e. The van der Waals surface area contributed by atoms with Gasteiger partial charge in [-0.1, -0.05) is 30.3 Å². The van der Waals surface area contributed by atoms with Crippen LogP contribution in [0.3, 0.4) is 0 Å². The number of para-hydroxylation sites is 2. The second-order valence-corrected chi connectivity index (χ2v) is 8.20. The van der Waals surface area contributed by atoms with Gasteiger partial charge in [0, 0.05) is 31.0 Å². The maximum atomic E-state index is 4.86. The molecule has 0 aliphatic heterocycles. The van der Waals surface area contributed by atoms with Gasteiger partial charge in [-0.15, -0.1) is 11.3 Å². The van der Waals surface area contributed by atoms with E-state index in [1.54, 1.807) is 11.3 Å². The number of thiazole rings is 1. The number of nitrogens with zero attached hydrogens (tertiary/aromatic N) is 4. The standard InChI is InChI=1S/C25H22N4S/c1-3-29-22-17-18(25-27-21-11-7-8-12-23(21)30-25)13-14-20(22)26-24(29)15-16-28(2)19-9-5-4-6-10-19/h4-17H,3H2,1-2H3/b16-15+. The van der Waals surface area contributed by atoms with Gasteiger partial charge in [0.15, 0.2) is 0 Å². The van der Waals surface area contributed by atoms with Gasteiger partial charge in [0.2, 0.25) is 0 Å². The Kier molecular flexibility index (Phi) is 4.81. The van der Waals surface area contributed by atoms with Crippen molar-refractivity contribution in [2.45, 2.75) is 13.5 Å². The summed E-state index contributed by atoms with van der Waals surface area (Å²) in [6.45, 7) is 3.01. The first-order valence-corrected chi connectivity index (χ1v) is 10.9. The molecule has 3 aromatic carbocycles. The van der Waals surface area contributed by atoms with Crippen LogP contribution in [0.5, 0.6) is 0 Å². The van der Waals surface area contributed by atoms with Crippen LogP contribution in [-0.4, -0.2) is 21.6 Å². The molecule has 0 aliphatic rings. The molecule has 30 heavy (non-hydrogen) atoms. The predicted molar refractivity (Wildman–Crippen MR) is 128 cm³/mol. The summed E-state index contributed by atoms with van der Waals surface area (Å²) in [5.41, 5.74) is 5.47. The van der Waals surface area contributed by atoms with Gasteiger partial charge in [0.05, 0.1) is 21.3 Å². The fourth-order valence-electron chi connectivity index (χ4n) is 3.66. The van der Waals surface area contributed by atoms with E-state index >= 15 is 0 Å². The highest BCUT2D eigenvalue weighted by Gasteiger charge is 2.12. The number of fused-ring (bicyclic) bond motifs is 2. The second kappa shape index (κ2) is 7.76. The minimum Gasteiger partial charge on any atom is -0.351 e. The SMILES string of the molecule is CCn1c(/C=C/N(C)c2ccccc2)nc2ccc(-c3nc4ccccc4s3)cc21. The summed E-state index contributed by atoms with van der Waals surface area (Å²) in [5, 5.41) is 1.04. The Morgan fingerprint density at radius 3 is 2.53 bits per heavy atom. The van der Waals surface area contributed by atoms with E-state index in [-0.39, 0.29) is 0 Å². The van der Waals surface area contributed by atoms with Crippen LogP contribution < -0.4 is 4.90 Å². The molecule has 0 bridgehead atoms. The molecule has 148 valence electrons. The molecule has 4 nitrogen and oxygen atoms in total. The van der Waals surface area contributed by atoms with Crippen LogP contribution in [0.4, 0.5) is 5.69 Å². The average molecular weight is 411 g/mol. The number of rotatable bonds is 5. The molecule has 2 heterocycles. The van der Waals surface area contributed by atoms with Crippen LogP contribution in [0.2, 0.25) is 0 Å². The molecule has 0 saturated carbocycles. The van der Waals surface area contributed by atoms with Crippen molar-refractivity contribution in [2.75, 3.05) is 11.9 Å². The summed E-state index contributed by atoms with van der Waals surface area (Å²) in [6, 6.07) is 25.0. The molecule has 2 aromatic heterocycles. The molecule has 0 aliphatic carbocycles. The van der Waals surface area contributed by atoms with Gasteiger partial charge >= 0.3 is 0 Å². The van der Waals surface area contributed by atoms with E-state index in [1.165, 1.54) is 4.70 Å². The smallest absolute Gasteiger partial charge is 0.135 e. The molecular weight excluding hydrogens is 388 g/mol. The normalized spacial score (nSPS) is 11.7. The average Bonchev–Trinajstić information content (AvgIpc) is 3.38. The Bertz CT molecular complexity index is 1310. The van der Waals surface area contributed by atoms with Crippen molar-refractivity contribution < 1.29 is 0 Å². The zero-order valence-electron chi connectivity index (χ0n) is 17.0. The fourth-order valence-corrected chi connectivity index (χ4v) is 4.62. The summed E-state index contributed by atoms with van der Waals surface area (Å²) in [7, 11) is 2.05. The van der Waals surface area contributed by atoms with Gasteiger partial charge < -0.3 is 9.47 Å². The number of anilines is 1. The van der Waals surface area contributed by atoms with Crippen molar-refractivity contribution in [3.8, 4) is 10.6 Å². The lowest BCUT2D eigenvalue weighted by Crippen LogP contribution is -2.07. The lowest BCUT2D eigenvalue weighted by atomic mass is 10.2. The van der Waals surface area contributed by atoms with Crippen LogP contribution in [0, 0.1) is 0 Å². The Labute approximate surface area is 179 Å². The van der Waals surface area contributed by atoms with E-state index in [4.69, 9.17) is 9.97 Å². The molecule has 0 atom stereocenters. The van der Waals surface area contributed by atoms with E-state index < -0.39 is 0 Å². The van der Waals surface area contributed by atoms with Gasteiger partial charge in [-0.2, -0.15) is 0 Å². The molecule has 0 N–H and O–H groups in total. The quantitative estimate of drug-likeness (QED) is 0.334. The molecule has 0 radical (unpaired) electrons. The Hall–Kier alpha value is -3.44. The highest BCUT2D eigenvalue weighted by Crippen LogP contribution is 2.32. The number of hydrogen-bond donors (Lipinski definition) is 0. The van der Waals surface area contributed by atoms with Gasteiger partial charge in [-0.3, -0.25) is 0 Å². The number of aromatic nitrogens is 3. The van der Waals surface area contributed by atoms with E-state index in [0.29, 0.717) is 0 Å². The van der Waals surface area contributed by atoms with Crippen LogP contribution in [0.1, 0.15) is 12.7 Å². The van der Waals surface area contributed by atoms with Crippen molar-refractivity contribution in [1.29, 1.82) is 0 Å². The lowest BCUT2D eigenvalue weighted by molar-refractivity contribution is 0.777. The Morgan fingerprint density at radius 2 is 1.73 bits per heavy atom. The summed E-state index contributed by atoms with van der Waals surface area (Å²) >= 11 is 1.73. The highest BCUT2D eigenvalue weighted by atomic mass is 32.1. The first-order chi connectivity index (χ1) is 14.7. The Balaban J connectivity index is 1.52. The first kappa shape index (κ1) is 18.6. The Morgan fingerprint density at radius 1 is 0.933 bits per heavy atom. The van der Waals surface area contributed by atoms with Crippen LogP contribution in [0.25, 0.3) is 37.9 Å². The topological polar surface area (TPSA) is 34.0 Å². The minimum atomic E-state index is 0.856. The lowest BCUT2D eigenvalue weighted by Gasteiger charge is -2.13. The maximum absolute atomic E-state index is 4.86.